The summed E-state index contributed by atoms with van der Waals surface area (Å²) in [5.74, 6) is -0.825. The molecule has 1 aromatic rings. The minimum atomic E-state index is -1.02. The van der Waals surface area contributed by atoms with Crippen LogP contribution in [-0.2, 0) is 14.3 Å². The highest BCUT2D eigenvalue weighted by molar-refractivity contribution is 8.00. The number of pyridine rings is 1. The van der Waals surface area contributed by atoms with Crippen molar-refractivity contribution >= 4 is 23.6 Å². The first-order chi connectivity index (χ1) is 8.68. The van der Waals surface area contributed by atoms with Crippen LogP contribution in [0.5, 0.6) is 0 Å². The molecule has 7 heteroatoms. The third kappa shape index (κ3) is 6.87. The van der Waals surface area contributed by atoms with E-state index in [0.29, 0.717) is 12.3 Å². The molecule has 0 fully saturated rings. The number of rotatable bonds is 8. The zero-order valence-electron chi connectivity index (χ0n) is 9.67. The van der Waals surface area contributed by atoms with E-state index >= 15 is 0 Å². The predicted octanol–water partition coefficient (Wildman–Crippen LogP) is 0.391. The zero-order valence-corrected chi connectivity index (χ0v) is 10.5. The van der Waals surface area contributed by atoms with Crippen molar-refractivity contribution in [3.8, 4) is 0 Å². The number of aliphatic carboxylic acids is 1. The molecule has 1 aromatic heterocycles. The summed E-state index contributed by atoms with van der Waals surface area (Å²) in [6, 6.07) is 3.65. The second-order valence-electron chi connectivity index (χ2n) is 3.27. The molecule has 0 aliphatic heterocycles. The summed E-state index contributed by atoms with van der Waals surface area (Å²) >= 11 is 1.41. The van der Waals surface area contributed by atoms with E-state index in [9.17, 15) is 9.59 Å². The summed E-state index contributed by atoms with van der Waals surface area (Å²) < 4.78 is 4.78. The Morgan fingerprint density at radius 3 is 2.78 bits per heavy atom. The predicted molar refractivity (Wildman–Crippen MR) is 66.4 cm³/mol. The first-order valence-electron chi connectivity index (χ1n) is 5.27. The third-order valence-electron chi connectivity index (χ3n) is 1.81. The van der Waals surface area contributed by atoms with Gasteiger partial charge in [-0.25, -0.2) is 4.79 Å². The maximum atomic E-state index is 11.4. The van der Waals surface area contributed by atoms with Crippen molar-refractivity contribution in [2.24, 2.45) is 0 Å². The fraction of sp³-hybridized carbons (Fsp3) is 0.364. The molecule has 0 spiro atoms. The van der Waals surface area contributed by atoms with Gasteiger partial charge in [-0.2, -0.15) is 0 Å². The average molecular weight is 270 g/mol. The number of aromatic nitrogens is 1. The first kappa shape index (κ1) is 14.5. The van der Waals surface area contributed by atoms with Crippen molar-refractivity contribution in [2.75, 3.05) is 25.5 Å². The van der Waals surface area contributed by atoms with Crippen molar-refractivity contribution in [1.82, 2.24) is 10.3 Å². The lowest BCUT2D eigenvalue weighted by atomic mass is 10.5. The summed E-state index contributed by atoms with van der Waals surface area (Å²) in [6.45, 7) is 0.155. The topological polar surface area (TPSA) is 88.5 Å². The van der Waals surface area contributed by atoms with Crippen LogP contribution < -0.4 is 5.32 Å². The first-order valence-corrected chi connectivity index (χ1v) is 6.26. The number of nitrogens with one attached hydrogen (secondary N) is 1. The Labute approximate surface area is 109 Å². The van der Waals surface area contributed by atoms with Crippen LogP contribution in [0.15, 0.2) is 29.4 Å². The molecule has 98 valence electrons. The minimum Gasteiger partial charge on any atom is -0.480 e. The van der Waals surface area contributed by atoms with E-state index in [-0.39, 0.29) is 19.1 Å². The number of carbonyl (C=O) groups excluding carboxylic acids is 1. The van der Waals surface area contributed by atoms with Crippen molar-refractivity contribution in [3.05, 3.63) is 24.5 Å². The number of thioether (sulfide) groups is 1. The van der Waals surface area contributed by atoms with Gasteiger partial charge in [-0.05, 0) is 12.1 Å². The SMILES string of the molecule is O=C(O)COCCNC(=O)CSc1ccncc1. The second-order valence-corrected chi connectivity index (χ2v) is 4.32. The lowest BCUT2D eigenvalue weighted by molar-refractivity contribution is -0.142. The highest BCUT2D eigenvalue weighted by atomic mass is 32.2. The summed E-state index contributed by atoms with van der Waals surface area (Å²) in [6.07, 6.45) is 3.33. The molecule has 18 heavy (non-hydrogen) atoms. The van der Waals surface area contributed by atoms with Gasteiger partial charge in [0.05, 0.1) is 12.4 Å². The molecule has 0 aliphatic carbocycles. The molecule has 1 amide bonds. The van der Waals surface area contributed by atoms with E-state index in [1.165, 1.54) is 11.8 Å². The number of hydrogen-bond donors (Lipinski definition) is 2. The van der Waals surface area contributed by atoms with Crippen LogP contribution in [0, 0.1) is 0 Å². The highest BCUT2D eigenvalue weighted by Gasteiger charge is 2.02. The van der Waals surface area contributed by atoms with Gasteiger partial charge in [0.1, 0.15) is 6.61 Å². The third-order valence-corrected chi connectivity index (χ3v) is 2.83. The zero-order chi connectivity index (χ0) is 13.2. The number of ether oxygens (including phenoxy) is 1. The van der Waals surface area contributed by atoms with Crippen LogP contribution in [0.2, 0.25) is 0 Å². The molecular weight excluding hydrogens is 256 g/mol. The highest BCUT2D eigenvalue weighted by Crippen LogP contribution is 2.15. The molecule has 0 radical (unpaired) electrons. The fourth-order valence-electron chi connectivity index (χ4n) is 1.06. The molecule has 0 aliphatic rings. The molecule has 1 rings (SSSR count). The number of nitrogens with zero attached hydrogens (tertiary/aromatic N) is 1. The van der Waals surface area contributed by atoms with Crippen LogP contribution in [-0.4, -0.2) is 47.5 Å². The van der Waals surface area contributed by atoms with Crippen LogP contribution in [0.4, 0.5) is 0 Å². The molecule has 0 saturated carbocycles. The van der Waals surface area contributed by atoms with Gasteiger partial charge in [0.25, 0.3) is 0 Å². The quantitative estimate of drug-likeness (QED) is 0.525. The Balaban J connectivity index is 2.06. The van der Waals surface area contributed by atoms with E-state index in [4.69, 9.17) is 9.84 Å². The molecule has 1 heterocycles. The smallest absolute Gasteiger partial charge is 0.329 e. The van der Waals surface area contributed by atoms with Gasteiger partial charge in [-0.1, -0.05) is 0 Å². The van der Waals surface area contributed by atoms with Gasteiger partial charge in [0, 0.05) is 23.8 Å². The second kappa shape index (κ2) is 8.48. The number of hydrogen-bond acceptors (Lipinski definition) is 5. The van der Waals surface area contributed by atoms with Crippen molar-refractivity contribution in [3.63, 3.8) is 0 Å². The molecule has 6 nitrogen and oxygen atoms in total. The molecule has 0 atom stereocenters. The molecule has 0 bridgehead atoms. The Morgan fingerprint density at radius 1 is 1.39 bits per heavy atom. The van der Waals surface area contributed by atoms with E-state index < -0.39 is 5.97 Å². The van der Waals surface area contributed by atoms with Crippen molar-refractivity contribution in [2.45, 2.75) is 4.90 Å². The van der Waals surface area contributed by atoms with E-state index in [2.05, 4.69) is 10.3 Å². The number of carboxylic acid groups (broad SMARTS) is 1. The Hall–Kier alpha value is -1.60. The normalized spacial score (nSPS) is 10.0. The molecular formula is C11H14N2O4S. The van der Waals surface area contributed by atoms with E-state index in [1.54, 1.807) is 12.4 Å². The average Bonchev–Trinajstić information content (AvgIpc) is 2.37. The summed E-state index contributed by atoms with van der Waals surface area (Å²) in [5.41, 5.74) is 0. The van der Waals surface area contributed by atoms with Gasteiger partial charge in [-0.3, -0.25) is 9.78 Å². The van der Waals surface area contributed by atoms with Crippen molar-refractivity contribution in [1.29, 1.82) is 0 Å². The number of amides is 1. The lowest BCUT2D eigenvalue weighted by Crippen LogP contribution is -2.29. The summed E-state index contributed by atoms with van der Waals surface area (Å²) in [7, 11) is 0. The van der Waals surface area contributed by atoms with E-state index in [1.807, 2.05) is 12.1 Å². The fourth-order valence-corrected chi connectivity index (χ4v) is 1.77. The molecule has 0 saturated heterocycles. The molecule has 2 N–H and O–H groups in total. The maximum Gasteiger partial charge on any atom is 0.329 e. The van der Waals surface area contributed by atoms with Crippen LogP contribution in [0.3, 0.4) is 0 Å². The van der Waals surface area contributed by atoms with Crippen molar-refractivity contribution < 1.29 is 19.4 Å². The number of carboxylic acids is 1. The monoisotopic (exact) mass is 270 g/mol. The van der Waals surface area contributed by atoms with Gasteiger partial charge >= 0.3 is 5.97 Å². The van der Waals surface area contributed by atoms with Gasteiger partial charge < -0.3 is 15.2 Å². The molecule has 0 aromatic carbocycles. The van der Waals surface area contributed by atoms with Gasteiger partial charge in [-0.15, -0.1) is 11.8 Å². The minimum absolute atomic E-state index is 0.115. The Bertz CT molecular complexity index is 386. The van der Waals surface area contributed by atoms with Crippen LogP contribution in [0.25, 0.3) is 0 Å². The Kier molecular flexibility index (Phi) is 6.82. The van der Waals surface area contributed by atoms with Crippen LogP contribution >= 0.6 is 11.8 Å². The summed E-state index contributed by atoms with van der Waals surface area (Å²) in [4.78, 5) is 26.4. The lowest BCUT2D eigenvalue weighted by Gasteiger charge is -2.05. The van der Waals surface area contributed by atoms with E-state index in [0.717, 1.165) is 4.90 Å². The largest absolute Gasteiger partial charge is 0.480 e. The van der Waals surface area contributed by atoms with Crippen LogP contribution in [0.1, 0.15) is 0 Å². The van der Waals surface area contributed by atoms with Gasteiger partial charge in [0.2, 0.25) is 5.91 Å². The standard InChI is InChI=1S/C11H14N2O4S/c14-10(13-5-6-17-7-11(15)16)8-18-9-1-3-12-4-2-9/h1-4H,5-8H2,(H,13,14)(H,15,16). The maximum absolute atomic E-state index is 11.4. The molecule has 0 unspecified atom stereocenters. The Morgan fingerprint density at radius 2 is 2.11 bits per heavy atom. The summed E-state index contributed by atoms with van der Waals surface area (Å²) in [5, 5.41) is 10.9. The number of carbonyl (C=O) groups is 2. The van der Waals surface area contributed by atoms with Gasteiger partial charge in [0.15, 0.2) is 0 Å².